The van der Waals surface area contributed by atoms with E-state index in [0.29, 0.717) is 6.42 Å². The third-order valence-corrected chi connectivity index (χ3v) is 7.87. The van der Waals surface area contributed by atoms with E-state index >= 15 is 0 Å². The number of nitrogens with one attached hydrogen (secondary N) is 3. The number of aromatic nitrogens is 1. The Balaban J connectivity index is 1.37. The Morgan fingerprint density at radius 1 is 1.24 bits per heavy atom. The van der Waals surface area contributed by atoms with Gasteiger partial charge < -0.3 is 10.6 Å². The smallest absolute Gasteiger partial charge is 0.240 e. The molecule has 1 saturated heterocycles. The Labute approximate surface area is 175 Å². The molecule has 0 bridgehead atoms. The Morgan fingerprint density at radius 3 is 2.86 bits per heavy atom. The van der Waals surface area contributed by atoms with Crippen LogP contribution in [0.4, 0.5) is 0 Å². The van der Waals surface area contributed by atoms with Crippen molar-refractivity contribution >= 4 is 33.3 Å². The standard InChI is InChI=1S/C20H26N4O3S2/c25-20(14-8-10-21-11-9-14)23-15-4-3-5-16(12-15)29(26,27)22-13-19-24-17-6-1-2-7-18(17)28-19/h2-3,5,7,12,14-15,21-22H,1,4,6,8-11,13H2,(H,23,25). The van der Waals surface area contributed by atoms with Crippen LogP contribution in [0.5, 0.6) is 0 Å². The van der Waals surface area contributed by atoms with Gasteiger partial charge in [-0.3, -0.25) is 4.79 Å². The van der Waals surface area contributed by atoms with Crippen molar-refractivity contribution in [3.8, 4) is 0 Å². The first-order valence-electron chi connectivity index (χ1n) is 10.1. The van der Waals surface area contributed by atoms with Crippen LogP contribution < -0.4 is 15.4 Å². The van der Waals surface area contributed by atoms with Gasteiger partial charge in [-0.05, 0) is 63.4 Å². The number of sulfonamides is 1. The van der Waals surface area contributed by atoms with Crippen LogP contribution in [0.2, 0.25) is 0 Å². The molecule has 7 nitrogen and oxygen atoms in total. The van der Waals surface area contributed by atoms with Crippen molar-refractivity contribution in [3.05, 3.63) is 44.8 Å². The van der Waals surface area contributed by atoms with E-state index in [9.17, 15) is 13.2 Å². The summed E-state index contributed by atoms with van der Waals surface area (Å²) in [4.78, 5) is 18.3. The lowest BCUT2D eigenvalue weighted by Gasteiger charge is -2.25. The van der Waals surface area contributed by atoms with Crippen LogP contribution in [0.3, 0.4) is 0 Å². The first-order chi connectivity index (χ1) is 14.0. The Morgan fingerprint density at radius 2 is 2.07 bits per heavy atom. The molecular formula is C20H26N4O3S2. The first-order valence-corrected chi connectivity index (χ1v) is 12.4. The predicted molar refractivity (Wildman–Crippen MR) is 115 cm³/mol. The number of carbonyl (C=O) groups is 1. The molecule has 3 N–H and O–H groups in total. The van der Waals surface area contributed by atoms with E-state index in [1.807, 2.05) is 0 Å². The zero-order valence-electron chi connectivity index (χ0n) is 16.2. The number of amides is 1. The maximum absolute atomic E-state index is 12.7. The summed E-state index contributed by atoms with van der Waals surface area (Å²) in [6, 6.07) is -0.300. The van der Waals surface area contributed by atoms with Crippen molar-refractivity contribution in [2.75, 3.05) is 13.1 Å². The highest BCUT2D eigenvalue weighted by Crippen LogP contribution is 2.25. The highest BCUT2D eigenvalue weighted by atomic mass is 32.2. The molecule has 29 heavy (non-hydrogen) atoms. The van der Waals surface area contributed by atoms with Crippen LogP contribution in [0, 0.1) is 5.92 Å². The van der Waals surface area contributed by atoms with Crippen molar-refractivity contribution in [1.82, 2.24) is 20.3 Å². The quantitative estimate of drug-likeness (QED) is 0.635. The molecule has 4 rings (SSSR count). The Bertz CT molecular complexity index is 956. The second-order valence-corrected chi connectivity index (χ2v) is 10.4. The molecule has 1 unspecified atom stereocenters. The third kappa shape index (κ3) is 5.03. The number of nitrogens with zero attached hydrogens (tertiary/aromatic N) is 1. The average Bonchev–Trinajstić information content (AvgIpc) is 3.16. The van der Waals surface area contributed by atoms with Gasteiger partial charge in [0.05, 0.1) is 28.1 Å². The van der Waals surface area contributed by atoms with Gasteiger partial charge in [0.1, 0.15) is 5.01 Å². The fourth-order valence-corrected chi connectivity index (χ4v) is 5.95. The molecule has 0 aromatic carbocycles. The second-order valence-electron chi connectivity index (χ2n) is 7.53. The minimum Gasteiger partial charge on any atom is -0.349 e. The molecule has 0 radical (unpaired) electrons. The third-order valence-electron chi connectivity index (χ3n) is 5.39. The van der Waals surface area contributed by atoms with Crippen molar-refractivity contribution < 1.29 is 13.2 Å². The summed E-state index contributed by atoms with van der Waals surface area (Å²) in [6.07, 6.45) is 13.3. The summed E-state index contributed by atoms with van der Waals surface area (Å²) in [5.41, 5.74) is 1.05. The maximum atomic E-state index is 12.7. The van der Waals surface area contributed by atoms with E-state index < -0.39 is 10.0 Å². The molecule has 9 heteroatoms. The molecule has 1 aromatic heterocycles. The van der Waals surface area contributed by atoms with Gasteiger partial charge in [-0.2, -0.15) is 0 Å². The van der Waals surface area contributed by atoms with Gasteiger partial charge in [0.15, 0.2) is 0 Å². The molecule has 1 aromatic rings. The summed E-state index contributed by atoms with van der Waals surface area (Å²) in [5, 5.41) is 7.00. The summed E-state index contributed by atoms with van der Waals surface area (Å²) in [5.74, 6) is 0.00732. The number of carbonyl (C=O) groups excluding carboxylic acids is 1. The van der Waals surface area contributed by atoms with Gasteiger partial charge in [0.25, 0.3) is 0 Å². The van der Waals surface area contributed by atoms with Gasteiger partial charge in [-0.25, -0.2) is 18.1 Å². The number of thiazole rings is 1. The van der Waals surface area contributed by atoms with Crippen molar-refractivity contribution in [2.45, 2.75) is 44.7 Å². The topological polar surface area (TPSA) is 100 Å². The molecular weight excluding hydrogens is 408 g/mol. The molecule has 1 fully saturated rings. The van der Waals surface area contributed by atoms with Crippen LogP contribution in [0.1, 0.15) is 41.3 Å². The summed E-state index contributed by atoms with van der Waals surface area (Å²) in [7, 11) is -3.66. The Hall–Kier alpha value is -1.81. The zero-order chi connectivity index (χ0) is 20.3. The predicted octanol–water partition coefficient (Wildman–Crippen LogP) is 1.85. The van der Waals surface area contributed by atoms with Crippen LogP contribution in [-0.2, 0) is 27.8 Å². The van der Waals surface area contributed by atoms with E-state index in [2.05, 4.69) is 32.5 Å². The lowest BCUT2D eigenvalue weighted by molar-refractivity contribution is -0.126. The molecule has 2 aliphatic carbocycles. The number of piperidine rings is 1. The zero-order valence-corrected chi connectivity index (χ0v) is 17.8. The molecule has 1 aliphatic heterocycles. The number of hydrogen-bond donors (Lipinski definition) is 3. The summed E-state index contributed by atoms with van der Waals surface area (Å²) < 4.78 is 28.1. The molecule has 156 valence electrons. The number of allylic oxidation sites excluding steroid dienone is 2. The highest BCUT2D eigenvalue weighted by Gasteiger charge is 2.25. The minimum absolute atomic E-state index is 0.00118. The lowest BCUT2D eigenvalue weighted by atomic mass is 9.96. The number of aryl methyl sites for hydroxylation is 1. The number of hydrogen-bond acceptors (Lipinski definition) is 6. The van der Waals surface area contributed by atoms with Crippen LogP contribution >= 0.6 is 11.3 Å². The molecule has 1 amide bonds. The fourth-order valence-electron chi connectivity index (χ4n) is 3.77. The molecule has 1 atom stereocenters. The van der Waals surface area contributed by atoms with E-state index in [4.69, 9.17) is 0 Å². The number of rotatable bonds is 6. The van der Waals surface area contributed by atoms with Gasteiger partial charge >= 0.3 is 0 Å². The van der Waals surface area contributed by atoms with Gasteiger partial charge in [-0.1, -0.05) is 12.2 Å². The van der Waals surface area contributed by atoms with E-state index in [1.54, 1.807) is 18.2 Å². The lowest BCUT2D eigenvalue weighted by Crippen LogP contribution is -2.42. The largest absolute Gasteiger partial charge is 0.349 e. The normalized spacial score (nSPS) is 22.2. The van der Waals surface area contributed by atoms with Crippen LogP contribution in [0.15, 0.2) is 29.2 Å². The Kier molecular flexibility index (Phi) is 6.29. The first kappa shape index (κ1) is 20.5. The SMILES string of the molecule is O=C(NC1C=C(S(=O)(=O)NCc2nc3c(s2)C=CCC3)C=CC1)C1CCNCC1. The molecule has 3 aliphatic rings. The maximum Gasteiger partial charge on any atom is 0.240 e. The summed E-state index contributed by atoms with van der Waals surface area (Å²) in [6.45, 7) is 1.86. The van der Waals surface area contributed by atoms with E-state index in [0.717, 1.165) is 54.4 Å². The van der Waals surface area contributed by atoms with Gasteiger partial charge in [0, 0.05) is 5.92 Å². The fraction of sp³-hybridized carbons (Fsp3) is 0.500. The van der Waals surface area contributed by atoms with Gasteiger partial charge in [0.2, 0.25) is 15.9 Å². The van der Waals surface area contributed by atoms with Crippen molar-refractivity contribution in [3.63, 3.8) is 0 Å². The van der Waals surface area contributed by atoms with Crippen molar-refractivity contribution in [2.24, 2.45) is 5.92 Å². The molecule has 0 spiro atoms. The number of fused-ring (bicyclic) bond motifs is 1. The van der Waals surface area contributed by atoms with Crippen LogP contribution in [-0.4, -0.2) is 38.4 Å². The summed E-state index contributed by atoms with van der Waals surface area (Å²) >= 11 is 1.52. The van der Waals surface area contributed by atoms with Crippen LogP contribution in [0.25, 0.3) is 6.08 Å². The second kappa shape index (κ2) is 8.91. The average molecular weight is 435 g/mol. The van der Waals surface area contributed by atoms with E-state index in [1.165, 1.54) is 11.3 Å². The molecule has 0 saturated carbocycles. The monoisotopic (exact) mass is 434 g/mol. The van der Waals surface area contributed by atoms with E-state index in [-0.39, 0.29) is 29.3 Å². The highest BCUT2D eigenvalue weighted by molar-refractivity contribution is 7.93. The molecule has 2 heterocycles. The minimum atomic E-state index is -3.66. The van der Waals surface area contributed by atoms with Crippen molar-refractivity contribution in [1.29, 1.82) is 0 Å². The van der Waals surface area contributed by atoms with Gasteiger partial charge in [-0.15, -0.1) is 11.3 Å².